The number of halogens is 1. The molecule has 0 atom stereocenters. The summed E-state index contributed by atoms with van der Waals surface area (Å²) in [5.41, 5.74) is 3.03. The van der Waals surface area contributed by atoms with Crippen molar-refractivity contribution in [3.05, 3.63) is 29.8 Å². The first-order valence-corrected chi connectivity index (χ1v) is 6.97. The van der Waals surface area contributed by atoms with Gasteiger partial charge in [-0.1, -0.05) is 18.2 Å². The number of anilines is 1. The molecule has 0 aromatic heterocycles. The topological polar surface area (TPSA) is 15.3 Å². The second-order valence-electron chi connectivity index (χ2n) is 5.35. The van der Waals surface area contributed by atoms with Crippen LogP contribution in [0, 0.1) is 5.92 Å². The molecule has 2 aliphatic rings. The van der Waals surface area contributed by atoms with Crippen LogP contribution in [0.15, 0.2) is 24.3 Å². The Kier molecular flexibility index (Phi) is 4.90. The molecule has 2 nitrogen and oxygen atoms in total. The average Bonchev–Trinajstić information content (AvgIpc) is 2.81. The molecule has 2 heterocycles. The lowest BCUT2D eigenvalue weighted by Crippen LogP contribution is -2.30. The van der Waals surface area contributed by atoms with Crippen molar-refractivity contribution in [2.75, 3.05) is 31.1 Å². The van der Waals surface area contributed by atoms with Crippen molar-refractivity contribution in [1.29, 1.82) is 0 Å². The number of hydrogen-bond donors (Lipinski definition) is 1. The lowest BCUT2D eigenvalue weighted by Gasteiger charge is -2.26. The maximum Gasteiger partial charge on any atom is 0.0399 e. The molecule has 0 aliphatic carbocycles. The molecule has 1 saturated heterocycles. The Hall–Kier alpha value is -0.730. The Balaban J connectivity index is 0.00000120. The largest absolute Gasteiger partial charge is 0.371 e. The van der Waals surface area contributed by atoms with E-state index in [1.54, 1.807) is 0 Å². The van der Waals surface area contributed by atoms with E-state index in [1.165, 1.54) is 63.1 Å². The van der Waals surface area contributed by atoms with Crippen molar-refractivity contribution in [3.8, 4) is 0 Å². The van der Waals surface area contributed by atoms with E-state index >= 15 is 0 Å². The van der Waals surface area contributed by atoms with Gasteiger partial charge in [0.15, 0.2) is 0 Å². The van der Waals surface area contributed by atoms with Gasteiger partial charge in [-0.15, -0.1) is 12.4 Å². The molecule has 1 fully saturated rings. The van der Waals surface area contributed by atoms with E-state index < -0.39 is 0 Å². The van der Waals surface area contributed by atoms with Crippen molar-refractivity contribution < 1.29 is 0 Å². The zero-order chi connectivity index (χ0) is 11.5. The Morgan fingerprint density at radius 2 is 1.94 bits per heavy atom. The van der Waals surface area contributed by atoms with Gasteiger partial charge < -0.3 is 10.2 Å². The van der Waals surface area contributed by atoms with Gasteiger partial charge in [-0.05, 0) is 56.3 Å². The first-order chi connectivity index (χ1) is 8.43. The molecule has 1 aromatic carbocycles. The average molecular weight is 267 g/mol. The van der Waals surface area contributed by atoms with Gasteiger partial charge in [0.05, 0.1) is 0 Å². The fraction of sp³-hybridized carbons (Fsp3) is 0.600. The predicted molar refractivity (Wildman–Crippen MR) is 79.8 cm³/mol. The molecule has 0 saturated carbocycles. The van der Waals surface area contributed by atoms with Gasteiger partial charge in [0.1, 0.15) is 0 Å². The third-order valence-electron chi connectivity index (χ3n) is 4.25. The molecule has 100 valence electrons. The van der Waals surface area contributed by atoms with E-state index in [0.717, 1.165) is 5.92 Å². The van der Waals surface area contributed by atoms with Crippen LogP contribution in [0.2, 0.25) is 0 Å². The van der Waals surface area contributed by atoms with Crippen molar-refractivity contribution in [2.45, 2.75) is 25.7 Å². The quantitative estimate of drug-likeness (QED) is 0.905. The molecule has 3 rings (SSSR count). The number of nitrogens with zero attached hydrogens (tertiary/aromatic N) is 1. The Labute approximate surface area is 116 Å². The molecular formula is C15H23ClN2. The standard InChI is InChI=1S/C15H22N2.ClH/c1-2-4-15-14(3-1)8-12-17(15)11-7-13-5-9-16-10-6-13;/h1-4,13,16H,5-12H2;1H. The summed E-state index contributed by atoms with van der Waals surface area (Å²) in [5, 5.41) is 3.44. The smallest absolute Gasteiger partial charge is 0.0399 e. The van der Waals surface area contributed by atoms with Crippen LogP contribution >= 0.6 is 12.4 Å². The van der Waals surface area contributed by atoms with E-state index in [9.17, 15) is 0 Å². The van der Waals surface area contributed by atoms with E-state index in [4.69, 9.17) is 0 Å². The summed E-state index contributed by atoms with van der Waals surface area (Å²) in [6, 6.07) is 8.89. The van der Waals surface area contributed by atoms with Gasteiger partial charge in [0.2, 0.25) is 0 Å². The summed E-state index contributed by atoms with van der Waals surface area (Å²) in [6.07, 6.45) is 5.35. The zero-order valence-corrected chi connectivity index (χ0v) is 11.7. The van der Waals surface area contributed by atoms with Crippen molar-refractivity contribution >= 4 is 18.1 Å². The van der Waals surface area contributed by atoms with Crippen molar-refractivity contribution in [1.82, 2.24) is 5.32 Å². The number of hydrogen-bond acceptors (Lipinski definition) is 2. The lowest BCUT2D eigenvalue weighted by atomic mass is 9.94. The van der Waals surface area contributed by atoms with Crippen LogP contribution in [-0.4, -0.2) is 26.2 Å². The second kappa shape index (κ2) is 6.44. The highest BCUT2D eigenvalue weighted by atomic mass is 35.5. The summed E-state index contributed by atoms with van der Waals surface area (Å²) < 4.78 is 0. The zero-order valence-electron chi connectivity index (χ0n) is 10.9. The number of nitrogens with one attached hydrogen (secondary N) is 1. The van der Waals surface area contributed by atoms with Crippen LogP contribution in [-0.2, 0) is 6.42 Å². The van der Waals surface area contributed by atoms with Crippen LogP contribution in [0.3, 0.4) is 0 Å². The normalized spacial score (nSPS) is 19.4. The van der Waals surface area contributed by atoms with Gasteiger partial charge in [-0.2, -0.15) is 0 Å². The third kappa shape index (κ3) is 2.99. The number of benzene rings is 1. The maximum atomic E-state index is 3.44. The molecule has 0 amide bonds. The molecule has 18 heavy (non-hydrogen) atoms. The van der Waals surface area contributed by atoms with Crippen LogP contribution in [0.5, 0.6) is 0 Å². The molecule has 0 spiro atoms. The van der Waals surface area contributed by atoms with Crippen LogP contribution in [0.1, 0.15) is 24.8 Å². The number of rotatable bonds is 3. The molecule has 0 unspecified atom stereocenters. The van der Waals surface area contributed by atoms with Crippen molar-refractivity contribution in [3.63, 3.8) is 0 Å². The summed E-state index contributed by atoms with van der Waals surface area (Å²) >= 11 is 0. The predicted octanol–water partition coefficient (Wildman–Crippen LogP) is 2.86. The Bertz CT molecular complexity index is 375. The van der Waals surface area contributed by atoms with Gasteiger partial charge >= 0.3 is 0 Å². The fourth-order valence-electron chi connectivity index (χ4n) is 3.15. The summed E-state index contributed by atoms with van der Waals surface area (Å²) in [5.74, 6) is 0.948. The minimum absolute atomic E-state index is 0. The molecule has 0 bridgehead atoms. The number of piperidine rings is 1. The molecule has 2 aliphatic heterocycles. The fourth-order valence-corrected chi connectivity index (χ4v) is 3.15. The lowest BCUT2D eigenvalue weighted by molar-refractivity contribution is 0.355. The van der Waals surface area contributed by atoms with Crippen LogP contribution < -0.4 is 10.2 Å². The Morgan fingerprint density at radius 3 is 2.78 bits per heavy atom. The monoisotopic (exact) mass is 266 g/mol. The highest BCUT2D eigenvalue weighted by molar-refractivity contribution is 5.85. The number of para-hydroxylation sites is 1. The molecule has 1 N–H and O–H groups in total. The second-order valence-corrected chi connectivity index (χ2v) is 5.35. The molecule has 0 radical (unpaired) electrons. The third-order valence-corrected chi connectivity index (χ3v) is 4.25. The molecule has 3 heteroatoms. The summed E-state index contributed by atoms with van der Waals surface area (Å²) in [4.78, 5) is 2.58. The SMILES string of the molecule is Cl.c1ccc2c(c1)CCN2CCC1CCNCC1. The first kappa shape index (κ1) is 13.7. The Morgan fingerprint density at radius 1 is 1.17 bits per heavy atom. The van der Waals surface area contributed by atoms with Gasteiger partial charge in [-0.3, -0.25) is 0 Å². The minimum atomic E-state index is 0. The van der Waals surface area contributed by atoms with Crippen molar-refractivity contribution in [2.24, 2.45) is 5.92 Å². The van der Waals surface area contributed by atoms with Crippen LogP contribution in [0.4, 0.5) is 5.69 Å². The van der Waals surface area contributed by atoms with E-state index in [2.05, 4.69) is 34.5 Å². The molecule has 1 aromatic rings. The number of fused-ring (bicyclic) bond motifs is 1. The summed E-state index contributed by atoms with van der Waals surface area (Å²) in [7, 11) is 0. The first-order valence-electron chi connectivity index (χ1n) is 6.97. The maximum absolute atomic E-state index is 3.44. The van der Waals surface area contributed by atoms with E-state index in [1.807, 2.05) is 0 Å². The van der Waals surface area contributed by atoms with Gasteiger partial charge in [-0.25, -0.2) is 0 Å². The highest BCUT2D eigenvalue weighted by Gasteiger charge is 2.20. The van der Waals surface area contributed by atoms with Gasteiger partial charge in [0.25, 0.3) is 0 Å². The van der Waals surface area contributed by atoms with Crippen LogP contribution in [0.25, 0.3) is 0 Å². The van der Waals surface area contributed by atoms with E-state index in [-0.39, 0.29) is 12.4 Å². The molecular weight excluding hydrogens is 244 g/mol. The minimum Gasteiger partial charge on any atom is -0.371 e. The highest BCUT2D eigenvalue weighted by Crippen LogP contribution is 2.28. The van der Waals surface area contributed by atoms with Gasteiger partial charge in [0, 0.05) is 18.8 Å². The summed E-state index contributed by atoms with van der Waals surface area (Å²) in [6.45, 7) is 4.93. The van der Waals surface area contributed by atoms with E-state index in [0.29, 0.717) is 0 Å².